The summed E-state index contributed by atoms with van der Waals surface area (Å²) in [5.41, 5.74) is 16.4. The van der Waals surface area contributed by atoms with Crippen molar-refractivity contribution in [3.63, 3.8) is 0 Å². The summed E-state index contributed by atoms with van der Waals surface area (Å²) in [5.74, 6) is 1.83. The van der Waals surface area contributed by atoms with Crippen LogP contribution >= 0.6 is 0 Å². The monoisotopic (exact) mass is 815 g/mol. The van der Waals surface area contributed by atoms with Gasteiger partial charge in [0.25, 0.3) is 0 Å². The van der Waals surface area contributed by atoms with Crippen molar-refractivity contribution in [3.8, 4) is 101 Å². The molecule has 64 heavy (non-hydrogen) atoms. The third kappa shape index (κ3) is 8.02. The smallest absolute Gasteiger partial charge is 0.164 e. The van der Waals surface area contributed by atoms with Crippen LogP contribution in [0.5, 0.6) is 0 Å². The third-order valence-corrected chi connectivity index (χ3v) is 11.9. The van der Waals surface area contributed by atoms with Crippen molar-refractivity contribution >= 4 is 10.8 Å². The van der Waals surface area contributed by atoms with E-state index in [1.807, 2.05) is 6.07 Å². The molecular weight excluding hydrogens is 775 g/mol. The average molecular weight is 816 g/mol. The number of fused-ring (bicyclic) bond motifs is 1. The highest BCUT2D eigenvalue weighted by atomic mass is 15.0. The molecule has 0 aliphatic carbocycles. The van der Waals surface area contributed by atoms with E-state index < -0.39 is 0 Å². The van der Waals surface area contributed by atoms with Gasteiger partial charge in [-0.2, -0.15) is 0 Å². The van der Waals surface area contributed by atoms with Crippen molar-refractivity contribution in [2.45, 2.75) is 0 Å². The molecule has 0 fully saturated rings. The van der Waals surface area contributed by atoms with Crippen molar-refractivity contribution in [1.29, 1.82) is 0 Å². The second-order valence-electron chi connectivity index (χ2n) is 16.1. The zero-order valence-electron chi connectivity index (χ0n) is 35.0. The molecule has 11 rings (SSSR count). The number of hydrogen-bond acceptors (Lipinski definition) is 3. The van der Waals surface area contributed by atoms with Gasteiger partial charge in [0.15, 0.2) is 17.5 Å². The maximum atomic E-state index is 5.29. The van der Waals surface area contributed by atoms with Gasteiger partial charge in [-0.05, 0) is 120 Å². The van der Waals surface area contributed by atoms with Crippen LogP contribution in [0.4, 0.5) is 0 Å². The molecule has 0 radical (unpaired) electrons. The molecule has 0 bridgehead atoms. The van der Waals surface area contributed by atoms with Crippen LogP contribution in [0, 0.1) is 0 Å². The maximum absolute atomic E-state index is 5.29. The molecule has 0 amide bonds. The first-order valence-electron chi connectivity index (χ1n) is 21.7. The van der Waals surface area contributed by atoms with E-state index in [0.29, 0.717) is 17.5 Å². The summed E-state index contributed by atoms with van der Waals surface area (Å²) in [6.45, 7) is 0. The molecule has 0 aliphatic rings. The van der Waals surface area contributed by atoms with Gasteiger partial charge >= 0.3 is 0 Å². The Balaban J connectivity index is 1.03. The second kappa shape index (κ2) is 17.1. The van der Waals surface area contributed by atoms with E-state index in [1.54, 1.807) is 0 Å². The lowest BCUT2D eigenvalue weighted by Crippen LogP contribution is -2.01. The fraction of sp³-hybridized carbons (Fsp3) is 0. The van der Waals surface area contributed by atoms with Crippen molar-refractivity contribution in [2.75, 3.05) is 0 Å². The summed E-state index contributed by atoms with van der Waals surface area (Å²) in [7, 11) is 0. The van der Waals surface area contributed by atoms with Gasteiger partial charge in [-0.1, -0.05) is 206 Å². The van der Waals surface area contributed by atoms with Crippen LogP contribution in [0.2, 0.25) is 0 Å². The fourth-order valence-corrected chi connectivity index (χ4v) is 8.51. The number of nitrogens with zero attached hydrogens (tertiary/aromatic N) is 3. The van der Waals surface area contributed by atoms with E-state index in [1.165, 1.54) is 33.0 Å². The summed E-state index contributed by atoms with van der Waals surface area (Å²) < 4.78 is 0. The normalized spacial score (nSPS) is 11.1. The van der Waals surface area contributed by atoms with E-state index in [4.69, 9.17) is 15.0 Å². The van der Waals surface area contributed by atoms with Gasteiger partial charge in [0.05, 0.1) is 0 Å². The highest BCUT2D eigenvalue weighted by Crippen LogP contribution is 2.36. The minimum absolute atomic E-state index is 0.609. The number of rotatable bonds is 9. The van der Waals surface area contributed by atoms with Crippen molar-refractivity contribution in [1.82, 2.24) is 15.0 Å². The second-order valence-corrected chi connectivity index (χ2v) is 16.1. The first-order chi connectivity index (χ1) is 31.7. The van der Waals surface area contributed by atoms with Crippen LogP contribution < -0.4 is 0 Å². The molecule has 10 aromatic carbocycles. The van der Waals surface area contributed by atoms with Gasteiger partial charge in [-0.25, -0.2) is 15.0 Å². The van der Waals surface area contributed by atoms with Gasteiger partial charge in [0.1, 0.15) is 0 Å². The molecule has 0 atom stereocenters. The topological polar surface area (TPSA) is 38.7 Å². The van der Waals surface area contributed by atoms with Crippen LogP contribution in [-0.4, -0.2) is 15.0 Å². The molecule has 3 heteroatoms. The highest BCUT2D eigenvalue weighted by molar-refractivity contribution is 5.91. The third-order valence-electron chi connectivity index (χ3n) is 11.9. The Hall–Kier alpha value is -8.53. The summed E-state index contributed by atoms with van der Waals surface area (Å²) in [6, 6.07) is 87.9. The molecule has 0 spiro atoms. The minimum atomic E-state index is 0.609. The average Bonchev–Trinajstić information content (AvgIpc) is 3.39. The van der Waals surface area contributed by atoms with E-state index in [2.05, 4.69) is 243 Å². The summed E-state index contributed by atoms with van der Waals surface area (Å²) in [4.78, 5) is 15.8. The number of aromatic nitrogens is 3. The largest absolute Gasteiger partial charge is 0.208 e. The molecule has 300 valence electrons. The van der Waals surface area contributed by atoms with Crippen LogP contribution in [0.3, 0.4) is 0 Å². The molecule has 0 saturated carbocycles. The van der Waals surface area contributed by atoms with Crippen molar-refractivity contribution in [2.24, 2.45) is 0 Å². The van der Waals surface area contributed by atoms with Gasteiger partial charge in [-0.15, -0.1) is 0 Å². The number of benzene rings is 10. The first kappa shape index (κ1) is 38.4. The lowest BCUT2D eigenvalue weighted by atomic mass is 9.95. The molecule has 11 aromatic rings. The minimum Gasteiger partial charge on any atom is -0.208 e. The van der Waals surface area contributed by atoms with Crippen LogP contribution in [-0.2, 0) is 0 Å². The summed E-state index contributed by atoms with van der Waals surface area (Å²) in [5, 5.41) is 2.39. The Morgan fingerprint density at radius 2 is 0.406 bits per heavy atom. The van der Waals surface area contributed by atoms with Gasteiger partial charge < -0.3 is 0 Å². The lowest BCUT2D eigenvalue weighted by molar-refractivity contribution is 1.07. The molecule has 1 aromatic heterocycles. The summed E-state index contributed by atoms with van der Waals surface area (Å²) >= 11 is 0. The van der Waals surface area contributed by atoms with Crippen molar-refractivity contribution in [3.05, 3.63) is 249 Å². The predicted molar refractivity (Wildman–Crippen MR) is 266 cm³/mol. The zero-order valence-corrected chi connectivity index (χ0v) is 35.0. The van der Waals surface area contributed by atoms with E-state index >= 15 is 0 Å². The van der Waals surface area contributed by atoms with Crippen LogP contribution in [0.1, 0.15) is 0 Å². The Morgan fingerprint density at radius 1 is 0.156 bits per heavy atom. The van der Waals surface area contributed by atoms with E-state index in [9.17, 15) is 0 Å². The Bertz CT molecular complexity index is 3340. The van der Waals surface area contributed by atoms with Crippen molar-refractivity contribution < 1.29 is 0 Å². The molecule has 0 saturated heterocycles. The lowest BCUT2D eigenvalue weighted by Gasteiger charge is -2.13. The number of hydrogen-bond donors (Lipinski definition) is 0. The zero-order chi connectivity index (χ0) is 42.7. The van der Waals surface area contributed by atoms with E-state index in [0.717, 1.165) is 61.2 Å². The van der Waals surface area contributed by atoms with Gasteiger partial charge in [-0.3, -0.25) is 0 Å². The predicted octanol–water partition coefficient (Wildman–Crippen LogP) is 16.0. The SMILES string of the molecule is c1ccc(-c2ccc(-c3cccc(-c4nc(-c5cccc(-c6ccc7cc(-c8ccccc8)ccc7c6)c5)nc(-c5cc(-c6ccccc6)cc(-c6ccccc6)c5)n4)c3)cc2)cc1. The Morgan fingerprint density at radius 3 is 0.859 bits per heavy atom. The first-order valence-corrected chi connectivity index (χ1v) is 21.7. The van der Waals surface area contributed by atoms with E-state index in [-0.39, 0.29) is 0 Å². The molecule has 0 unspecified atom stereocenters. The molecule has 0 N–H and O–H groups in total. The summed E-state index contributed by atoms with van der Waals surface area (Å²) in [6.07, 6.45) is 0. The molecule has 0 aliphatic heterocycles. The Kier molecular flexibility index (Phi) is 10.3. The molecular formula is C61H41N3. The molecule has 3 nitrogen and oxygen atoms in total. The quantitative estimate of drug-likeness (QED) is 0.146. The van der Waals surface area contributed by atoms with Crippen LogP contribution in [0.25, 0.3) is 112 Å². The molecule has 1 heterocycles. The van der Waals surface area contributed by atoms with Crippen LogP contribution in [0.15, 0.2) is 249 Å². The standard InChI is InChI=1S/C61H41N3/c1-5-15-42(16-6-1)46-27-29-47(30-28-46)48-23-13-25-54(37-48)59-62-60(64-61(63-59)58-40-56(44-19-9-3-10-20-44)39-57(41-58)45-21-11-4-12-22-45)55-26-14-24-49(38-55)51-33-34-52-35-50(31-32-53(52)36-51)43-17-7-2-8-18-43/h1-41H. The highest BCUT2D eigenvalue weighted by Gasteiger charge is 2.16. The Labute approximate surface area is 373 Å². The fourth-order valence-electron chi connectivity index (χ4n) is 8.51. The maximum Gasteiger partial charge on any atom is 0.164 e. The van der Waals surface area contributed by atoms with Gasteiger partial charge in [0, 0.05) is 16.7 Å². The van der Waals surface area contributed by atoms with Gasteiger partial charge in [0.2, 0.25) is 0 Å².